The predicted octanol–water partition coefficient (Wildman–Crippen LogP) is 2.93. The predicted molar refractivity (Wildman–Crippen MR) is 116 cm³/mol. The van der Waals surface area contributed by atoms with E-state index in [-0.39, 0.29) is 22.9 Å². The summed E-state index contributed by atoms with van der Waals surface area (Å²) in [6, 6.07) is 14.8. The summed E-state index contributed by atoms with van der Waals surface area (Å²) in [6.45, 7) is 1.99. The van der Waals surface area contributed by atoms with Gasteiger partial charge >= 0.3 is 5.56 Å². The van der Waals surface area contributed by atoms with Crippen molar-refractivity contribution in [3.63, 3.8) is 0 Å². The van der Waals surface area contributed by atoms with Crippen molar-refractivity contribution < 1.29 is 9.53 Å². The van der Waals surface area contributed by atoms with Gasteiger partial charge in [-0.3, -0.25) is 18.6 Å². The lowest BCUT2D eigenvalue weighted by Crippen LogP contribution is -2.20. The third kappa shape index (κ3) is 3.92. The van der Waals surface area contributed by atoms with Crippen molar-refractivity contribution in [3.05, 3.63) is 76.8 Å². The van der Waals surface area contributed by atoms with Crippen molar-refractivity contribution in [1.82, 2.24) is 19.2 Å². The Kier molecular flexibility index (Phi) is 5.53. The Morgan fingerprint density at radius 3 is 2.63 bits per heavy atom. The molecule has 0 saturated carbocycles. The molecule has 4 rings (SSSR count). The summed E-state index contributed by atoms with van der Waals surface area (Å²) in [5.74, 6) is 0.554. The second-order valence-corrected chi connectivity index (χ2v) is 7.47. The Hall–Kier alpha value is -3.59. The van der Waals surface area contributed by atoms with Crippen molar-refractivity contribution in [3.8, 4) is 11.4 Å². The Morgan fingerprint density at radius 2 is 1.87 bits per heavy atom. The molecule has 0 aliphatic heterocycles. The maximum Gasteiger partial charge on any atom is 0.300 e. The Morgan fingerprint density at radius 1 is 1.10 bits per heavy atom. The Labute approximate surface area is 176 Å². The van der Waals surface area contributed by atoms with Crippen LogP contribution in [-0.2, 0) is 4.79 Å². The number of hydrogen-bond donors (Lipinski definition) is 1. The highest BCUT2D eigenvalue weighted by molar-refractivity contribution is 7.99. The second-order valence-electron chi connectivity index (χ2n) is 6.52. The lowest BCUT2D eigenvalue weighted by Gasteiger charge is -2.10. The molecule has 2 aromatic carbocycles. The average Bonchev–Trinajstić information content (AvgIpc) is 3.18. The first-order valence-electron chi connectivity index (χ1n) is 9.16. The maximum absolute atomic E-state index is 12.9. The molecule has 0 aliphatic carbocycles. The number of nitrogens with one attached hydrogen (secondary N) is 1. The summed E-state index contributed by atoms with van der Waals surface area (Å²) in [6.07, 6.45) is 3.33. The van der Waals surface area contributed by atoms with E-state index in [1.807, 2.05) is 43.3 Å². The largest absolute Gasteiger partial charge is 0.495 e. The number of hydrogen-bond acceptors (Lipinski definition) is 6. The second kappa shape index (κ2) is 8.42. The summed E-state index contributed by atoms with van der Waals surface area (Å²) in [5.41, 5.74) is 2.31. The number of thioether (sulfide) groups is 1. The molecule has 8 nitrogen and oxygen atoms in total. The van der Waals surface area contributed by atoms with E-state index in [4.69, 9.17) is 4.74 Å². The summed E-state index contributed by atoms with van der Waals surface area (Å²) >= 11 is 1.21. The van der Waals surface area contributed by atoms with Crippen LogP contribution in [0.1, 0.15) is 5.56 Å². The van der Waals surface area contributed by atoms with Crippen LogP contribution >= 0.6 is 11.8 Å². The number of carbonyl (C=O) groups is 1. The molecule has 4 aromatic rings. The van der Waals surface area contributed by atoms with E-state index in [1.165, 1.54) is 16.3 Å². The van der Waals surface area contributed by atoms with Gasteiger partial charge in [-0.15, -0.1) is 10.2 Å². The summed E-state index contributed by atoms with van der Waals surface area (Å²) in [4.78, 5) is 25.1. The molecule has 0 atom stereocenters. The first-order valence-corrected chi connectivity index (χ1v) is 10.1. The van der Waals surface area contributed by atoms with Gasteiger partial charge in [0.05, 0.1) is 18.6 Å². The number of aryl methyl sites for hydroxylation is 1. The van der Waals surface area contributed by atoms with Crippen LogP contribution in [0.3, 0.4) is 0 Å². The van der Waals surface area contributed by atoms with Crippen LogP contribution in [0.15, 0.2) is 70.9 Å². The van der Waals surface area contributed by atoms with E-state index in [9.17, 15) is 9.59 Å². The van der Waals surface area contributed by atoms with Gasteiger partial charge in [-0.25, -0.2) is 0 Å². The van der Waals surface area contributed by atoms with Gasteiger partial charge in [-0.1, -0.05) is 41.6 Å². The van der Waals surface area contributed by atoms with Crippen molar-refractivity contribution in [1.29, 1.82) is 0 Å². The molecule has 0 saturated heterocycles. The molecule has 2 aromatic heterocycles. The van der Waals surface area contributed by atoms with Gasteiger partial charge in [-0.05, 0) is 31.2 Å². The number of benzene rings is 2. The van der Waals surface area contributed by atoms with Crippen LogP contribution in [0.4, 0.5) is 5.69 Å². The summed E-state index contributed by atoms with van der Waals surface area (Å²) in [5, 5.41) is 11.4. The lowest BCUT2D eigenvalue weighted by molar-refractivity contribution is -0.113. The minimum absolute atomic E-state index is 0.143. The van der Waals surface area contributed by atoms with Gasteiger partial charge in [0.1, 0.15) is 5.75 Å². The topological polar surface area (TPSA) is 90.5 Å². The fourth-order valence-electron chi connectivity index (χ4n) is 2.95. The van der Waals surface area contributed by atoms with Gasteiger partial charge in [0.25, 0.3) is 0 Å². The van der Waals surface area contributed by atoms with Crippen molar-refractivity contribution in [2.75, 3.05) is 18.2 Å². The van der Waals surface area contributed by atoms with Crippen LogP contribution in [0.2, 0.25) is 0 Å². The summed E-state index contributed by atoms with van der Waals surface area (Å²) < 4.78 is 8.38. The first-order chi connectivity index (χ1) is 14.6. The van der Waals surface area contributed by atoms with E-state index >= 15 is 0 Å². The molecule has 152 valence electrons. The number of aromatic nitrogens is 4. The third-order valence-corrected chi connectivity index (χ3v) is 5.39. The highest BCUT2D eigenvalue weighted by Crippen LogP contribution is 2.21. The van der Waals surface area contributed by atoms with Crippen molar-refractivity contribution in [2.45, 2.75) is 12.1 Å². The van der Waals surface area contributed by atoms with Crippen LogP contribution in [0.25, 0.3) is 11.3 Å². The molecule has 0 radical (unpaired) electrons. The zero-order valence-electron chi connectivity index (χ0n) is 16.4. The number of carbonyl (C=O) groups excluding carboxylic acids is 1. The van der Waals surface area contributed by atoms with E-state index in [0.717, 1.165) is 11.3 Å². The number of amides is 1. The minimum Gasteiger partial charge on any atom is -0.495 e. The standard InChI is InChI=1S/C21H19N5O3S/c1-14-7-9-15(10-8-14)22-18(27)13-30-21-24-23-19-20(28)25(11-12-26(19)21)16-5-3-4-6-17(16)29-2/h3-12H,13H2,1-2H3,(H,22,27). The molecule has 30 heavy (non-hydrogen) atoms. The molecule has 0 spiro atoms. The SMILES string of the molecule is COc1ccccc1-n1ccn2c(SCC(=O)Nc3ccc(C)cc3)nnc2c1=O. The fourth-order valence-corrected chi connectivity index (χ4v) is 3.66. The molecule has 1 amide bonds. The molecule has 0 aliphatic rings. The monoisotopic (exact) mass is 421 g/mol. The van der Waals surface area contributed by atoms with E-state index in [0.29, 0.717) is 16.6 Å². The highest BCUT2D eigenvalue weighted by atomic mass is 32.2. The van der Waals surface area contributed by atoms with Gasteiger partial charge < -0.3 is 10.1 Å². The minimum atomic E-state index is -0.328. The lowest BCUT2D eigenvalue weighted by atomic mass is 10.2. The van der Waals surface area contributed by atoms with Gasteiger partial charge in [-0.2, -0.15) is 0 Å². The third-order valence-electron chi connectivity index (χ3n) is 4.45. The van der Waals surface area contributed by atoms with Gasteiger partial charge in [0.2, 0.25) is 11.6 Å². The van der Waals surface area contributed by atoms with Gasteiger partial charge in [0, 0.05) is 18.1 Å². The molecule has 9 heteroatoms. The fraction of sp³-hybridized carbons (Fsp3) is 0.143. The zero-order valence-corrected chi connectivity index (χ0v) is 17.2. The molecule has 1 N–H and O–H groups in total. The Balaban J connectivity index is 1.54. The number of ether oxygens (including phenoxy) is 1. The zero-order chi connectivity index (χ0) is 21.1. The average molecular weight is 421 g/mol. The van der Waals surface area contributed by atoms with E-state index in [1.54, 1.807) is 36.0 Å². The molecular weight excluding hydrogens is 402 g/mol. The first kappa shape index (κ1) is 19.7. The van der Waals surface area contributed by atoms with Crippen molar-refractivity contribution in [2.24, 2.45) is 0 Å². The van der Waals surface area contributed by atoms with E-state index in [2.05, 4.69) is 15.5 Å². The quantitative estimate of drug-likeness (QED) is 0.482. The number of anilines is 1. The smallest absolute Gasteiger partial charge is 0.300 e. The number of fused-ring (bicyclic) bond motifs is 1. The van der Waals surface area contributed by atoms with E-state index < -0.39 is 0 Å². The van der Waals surface area contributed by atoms with Crippen LogP contribution in [0, 0.1) is 6.92 Å². The number of para-hydroxylation sites is 2. The maximum atomic E-state index is 12.9. The van der Waals surface area contributed by atoms with Crippen LogP contribution in [0.5, 0.6) is 5.75 Å². The molecular formula is C21H19N5O3S. The summed E-state index contributed by atoms with van der Waals surface area (Å²) in [7, 11) is 1.55. The van der Waals surface area contributed by atoms with Crippen molar-refractivity contribution >= 4 is 29.0 Å². The normalized spacial score (nSPS) is 10.9. The molecule has 2 heterocycles. The number of nitrogens with zero attached hydrogens (tertiary/aromatic N) is 4. The number of rotatable bonds is 6. The Bertz CT molecular complexity index is 1260. The molecule has 0 unspecified atom stereocenters. The highest BCUT2D eigenvalue weighted by Gasteiger charge is 2.15. The number of methoxy groups -OCH3 is 1. The molecule has 0 fully saturated rings. The molecule has 0 bridgehead atoms. The van der Waals surface area contributed by atoms with Crippen LogP contribution < -0.4 is 15.6 Å². The van der Waals surface area contributed by atoms with Gasteiger partial charge in [0.15, 0.2) is 5.16 Å². The van der Waals surface area contributed by atoms with Crippen LogP contribution in [-0.4, -0.2) is 37.9 Å².